The Morgan fingerprint density at radius 1 is 1.60 bits per heavy atom. The first-order valence-electron chi connectivity index (χ1n) is 5.36. The molecule has 0 saturated carbocycles. The first-order chi connectivity index (χ1) is 7.16. The van der Waals surface area contributed by atoms with Gasteiger partial charge in [-0.2, -0.15) is 4.98 Å². The molecule has 84 valence electrons. The van der Waals surface area contributed by atoms with Crippen molar-refractivity contribution in [3.05, 3.63) is 11.7 Å². The van der Waals surface area contributed by atoms with Crippen molar-refractivity contribution >= 4 is 0 Å². The summed E-state index contributed by atoms with van der Waals surface area (Å²) in [5.41, 5.74) is 5.67. The van der Waals surface area contributed by atoms with Crippen molar-refractivity contribution in [3.8, 4) is 0 Å². The molecule has 0 amide bonds. The van der Waals surface area contributed by atoms with E-state index >= 15 is 0 Å². The summed E-state index contributed by atoms with van der Waals surface area (Å²) in [6.45, 7) is 4.74. The highest BCUT2D eigenvalue weighted by molar-refractivity contribution is 4.99. The lowest BCUT2D eigenvalue weighted by Gasteiger charge is -2.07. The molecular weight excluding hydrogens is 194 g/mol. The molecular formula is C10H17N3O2. The minimum atomic E-state index is 0.0627. The maximum atomic E-state index is 5.67. The van der Waals surface area contributed by atoms with Gasteiger partial charge in [-0.3, -0.25) is 0 Å². The van der Waals surface area contributed by atoms with Gasteiger partial charge in [0.2, 0.25) is 5.89 Å². The molecule has 5 heteroatoms. The molecule has 2 N–H and O–H groups in total. The zero-order valence-electron chi connectivity index (χ0n) is 9.14. The largest absolute Gasteiger partial charge is 0.378 e. The Morgan fingerprint density at radius 2 is 2.40 bits per heavy atom. The van der Waals surface area contributed by atoms with Crippen LogP contribution in [-0.2, 0) is 11.2 Å². The monoisotopic (exact) mass is 211 g/mol. The molecule has 0 aliphatic carbocycles. The third kappa shape index (κ3) is 2.35. The van der Waals surface area contributed by atoms with E-state index < -0.39 is 0 Å². The lowest BCUT2D eigenvalue weighted by atomic mass is 10.0. The number of ether oxygens (including phenoxy) is 1. The Bertz CT molecular complexity index is 324. The Hall–Kier alpha value is -0.940. The predicted octanol–water partition coefficient (Wildman–Crippen LogP) is 0.852. The van der Waals surface area contributed by atoms with Crippen molar-refractivity contribution in [2.24, 2.45) is 5.73 Å². The highest BCUT2D eigenvalue weighted by Gasteiger charge is 2.30. The standard InChI is InChI=1S/C10H17N3O2/c1-6(11)5-9-12-10(15-13-9)8-3-4-14-7(8)2/h6-8H,3-5,11H2,1-2H3. The maximum absolute atomic E-state index is 5.67. The summed E-state index contributed by atoms with van der Waals surface area (Å²) in [4.78, 5) is 4.35. The van der Waals surface area contributed by atoms with Crippen molar-refractivity contribution in [2.45, 2.75) is 44.8 Å². The van der Waals surface area contributed by atoms with E-state index in [2.05, 4.69) is 10.1 Å². The van der Waals surface area contributed by atoms with Gasteiger partial charge >= 0.3 is 0 Å². The fourth-order valence-corrected chi connectivity index (χ4v) is 1.85. The molecule has 15 heavy (non-hydrogen) atoms. The van der Waals surface area contributed by atoms with Crippen LogP contribution in [0.5, 0.6) is 0 Å². The topological polar surface area (TPSA) is 74.2 Å². The van der Waals surface area contributed by atoms with Gasteiger partial charge in [-0.1, -0.05) is 5.16 Å². The molecule has 2 rings (SSSR count). The molecule has 0 bridgehead atoms. The fourth-order valence-electron chi connectivity index (χ4n) is 1.85. The van der Waals surface area contributed by atoms with Gasteiger partial charge in [0.25, 0.3) is 0 Å². The highest BCUT2D eigenvalue weighted by atomic mass is 16.5. The zero-order chi connectivity index (χ0) is 10.8. The molecule has 1 aromatic heterocycles. The van der Waals surface area contributed by atoms with Crippen LogP contribution < -0.4 is 5.73 Å². The lowest BCUT2D eigenvalue weighted by Crippen LogP contribution is -2.18. The van der Waals surface area contributed by atoms with Crippen LogP contribution in [0.2, 0.25) is 0 Å². The molecule has 0 aromatic carbocycles. The lowest BCUT2D eigenvalue weighted by molar-refractivity contribution is 0.113. The SMILES string of the molecule is CC(N)Cc1noc(C2CCOC2C)n1. The summed E-state index contributed by atoms with van der Waals surface area (Å²) in [6, 6.07) is 0.0627. The second-order valence-corrected chi connectivity index (χ2v) is 4.20. The second kappa shape index (κ2) is 4.28. The van der Waals surface area contributed by atoms with E-state index in [1.54, 1.807) is 0 Å². The number of hydrogen-bond donors (Lipinski definition) is 1. The summed E-state index contributed by atoms with van der Waals surface area (Å²) in [5.74, 6) is 1.63. The van der Waals surface area contributed by atoms with E-state index in [4.69, 9.17) is 15.0 Å². The molecule has 3 atom stereocenters. The minimum Gasteiger partial charge on any atom is -0.378 e. The van der Waals surface area contributed by atoms with Gasteiger partial charge in [0.1, 0.15) is 0 Å². The average molecular weight is 211 g/mol. The van der Waals surface area contributed by atoms with Gasteiger partial charge in [0.05, 0.1) is 12.0 Å². The van der Waals surface area contributed by atoms with Crippen molar-refractivity contribution in [1.82, 2.24) is 10.1 Å². The van der Waals surface area contributed by atoms with E-state index in [0.29, 0.717) is 18.1 Å². The zero-order valence-corrected chi connectivity index (χ0v) is 9.14. The summed E-state index contributed by atoms with van der Waals surface area (Å²) in [7, 11) is 0. The third-order valence-electron chi connectivity index (χ3n) is 2.68. The summed E-state index contributed by atoms with van der Waals surface area (Å²) < 4.78 is 10.7. The highest BCUT2D eigenvalue weighted by Crippen LogP contribution is 2.29. The van der Waals surface area contributed by atoms with E-state index in [9.17, 15) is 0 Å². The summed E-state index contributed by atoms with van der Waals surface area (Å²) >= 11 is 0. The van der Waals surface area contributed by atoms with Crippen LogP contribution in [0.25, 0.3) is 0 Å². The Balaban J connectivity index is 2.06. The number of nitrogens with zero attached hydrogens (tertiary/aromatic N) is 2. The maximum Gasteiger partial charge on any atom is 0.232 e. The van der Waals surface area contributed by atoms with Crippen LogP contribution in [0.3, 0.4) is 0 Å². The average Bonchev–Trinajstić information content (AvgIpc) is 2.72. The van der Waals surface area contributed by atoms with E-state index in [1.807, 2.05) is 13.8 Å². The normalized spacial score (nSPS) is 28.2. The number of aromatic nitrogens is 2. The van der Waals surface area contributed by atoms with Gasteiger partial charge in [-0.15, -0.1) is 0 Å². The number of nitrogens with two attached hydrogens (primary N) is 1. The van der Waals surface area contributed by atoms with Crippen LogP contribution in [-0.4, -0.2) is 28.9 Å². The third-order valence-corrected chi connectivity index (χ3v) is 2.68. The Kier molecular flexibility index (Phi) is 3.02. The van der Waals surface area contributed by atoms with Gasteiger partial charge < -0.3 is 15.0 Å². The molecule has 0 spiro atoms. The van der Waals surface area contributed by atoms with Crippen LogP contribution in [0.15, 0.2) is 4.52 Å². The minimum absolute atomic E-state index is 0.0627. The molecule has 1 aliphatic heterocycles. The molecule has 1 fully saturated rings. The van der Waals surface area contributed by atoms with Crippen LogP contribution >= 0.6 is 0 Å². The first-order valence-corrected chi connectivity index (χ1v) is 5.36. The van der Waals surface area contributed by atoms with Gasteiger partial charge in [0, 0.05) is 19.1 Å². The van der Waals surface area contributed by atoms with Gasteiger partial charge in [-0.05, 0) is 20.3 Å². The smallest absolute Gasteiger partial charge is 0.232 e. The van der Waals surface area contributed by atoms with E-state index in [-0.39, 0.29) is 18.1 Å². The molecule has 5 nitrogen and oxygen atoms in total. The molecule has 3 unspecified atom stereocenters. The molecule has 1 aliphatic rings. The summed E-state index contributed by atoms with van der Waals surface area (Å²) in [6.07, 6.45) is 1.79. The second-order valence-electron chi connectivity index (χ2n) is 4.20. The van der Waals surface area contributed by atoms with Gasteiger partial charge in [0.15, 0.2) is 5.82 Å². The molecule has 0 radical (unpaired) electrons. The van der Waals surface area contributed by atoms with Gasteiger partial charge in [-0.25, -0.2) is 0 Å². The van der Waals surface area contributed by atoms with E-state index in [0.717, 1.165) is 13.0 Å². The van der Waals surface area contributed by atoms with Crippen LogP contribution in [0.1, 0.15) is 37.9 Å². The first kappa shape index (κ1) is 10.6. The quantitative estimate of drug-likeness (QED) is 0.802. The van der Waals surface area contributed by atoms with Crippen molar-refractivity contribution in [1.29, 1.82) is 0 Å². The van der Waals surface area contributed by atoms with Crippen molar-refractivity contribution < 1.29 is 9.26 Å². The van der Waals surface area contributed by atoms with E-state index in [1.165, 1.54) is 0 Å². The molecule has 1 saturated heterocycles. The Morgan fingerprint density at radius 3 is 3.00 bits per heavy atom. The molecule has 1 aromatic rings. The number of hydrogen-bond acceptors (Lipinski definition) is 5. The summed E-state index contributed by atoms with van der Waals surface area (Å²) in [5, 5.41) is 3.91. The van der Waals surface area contributed by atoms with Crippen molar-refractivity contribution in [2.75, 3.05) is 6.61 Å². The molecule has 2 heterocycles. The Labute approximate surface area is 89.0 Å². The van der Waals surface area contributed by atoms with Crippen LogP contribution in [0, 0.1) is 0 Å². The fraction of sp³-hybridized carbons (Fsp3) is 0.800. The number of rotatable bonds is 3. The van der Waals surface area contributed by atoms with Crippen LogP contribution in [0.4, 0.5) is 0 Å². The van der Waals surface area contributed by atoms with Crippen molar-refractivity contribution in [3.63, 3.8) is 0 Å². The predicted molar refractivity (Wildman–Crippen MR) is 54.4 cm³/mol.